The molecule has 1 fully saturated rings. The van der Waals surface area contributed by atoms with E-state index in [9.17, 15) is 15.0 Å². The van der Waals surface area contributed by atoms with E-state index >= 15 is 0 Å². The van der Waals surface area contributed by atoms with Crippen molar-refractivity contribution in [3.63, 3.8) is 0 Å². The Morgan fingerprint density at radius 2 is 2.00 bits per heavy atom. The number of hydrogen-bond acceptors (Lipinski definition) is 3. The molecule has 1 aliphatic rings. The van der Waals surface area contributed by atoms with Crippen LogP contribution in [0.4, 0.5) is 0 Å². The minimum Gasteiger partial charge on any atom is -0.393 e. The zero-order chi connectivity index (χ0) is 12.6. The zero-order valence-corrected chi connectivity index (χ0v) is 10.4. The van der Waals surface area contributed by atoms with Crippen LogP contribution in [0.25, 0.3) is 0 Å². The van der Waals surface area contributed by atoms with Gasteiger partial charge in [0, 0.05) is 18.1 Å². The van der Waals surface area contributed by atoms with Gasteiger partial charge in [0.1, 0.15) is 0 Å². The first-order valence-corrected chi connectivity index (χ1v) is 5.54. The molecule has 0 spiro atoms. The molecule has 1 rings (SSSR count). The van der Waals surface area contributed by atoms with Crippen LogP contribution in [-0.4, -0.2) is 27.7 Å². The van der Waals surface area contributed by atoms with Crippen molar-refractivity contribution in [2.24, 2.45) is 5.41 Å². The van der Waals surface area contributed by atoms with Crippen LogP contribution in [-0.2, 0) is 4.79 Å². The van der Waals surface area contributed by atoms with Gasteiger partial charge in [-0.2, -0.15) is 0 Å². The Bertz CT molecular complexity index is 337. The van der Waals surface area contributed by atoms with Gasteiger partial charge in [-0.25, -0.2) is 0 Å². The lowest BCUT2D eigenvalue weighted by Crippen LogP contribution is -2.45. The average Bonchev–Trinajstić information content (AvgIpc) is 1.96. The molecule has 2 N–H and O–H groups in total. The summed E-state index contributed by atoms with van der Waals surface area (Å²) >= 11 is 0. The fraction of sp³-hybridized carbons (Fsp3) is 0.692. The maximum absolute atomic E-state index is 10.9. The molecule has 1 aliphatic carbocycles. The van der Waals surface area contributed by atoms with E-state index in [1.165, 1.54) is 13.0 Å². The van der Waals surface area contributed by atoms with Gasteiger partial charge in [0.25, 0.3) is 0 Å². The molecular formula is C13H20O3. The van der Waals surface area contributed by atoms with Gasteiger partial charge in [0.2, 0.25) is 0 Å². The van der Waals surface area contributed by atoms with Crippen LogP contribution in [0.3, 0.4) is 0 Å². The van der Waals surface area contributed by atoms with Crippen molar-refractivity contribution in [2.75, 3.05) is 0 Å². The summed E-state index contributed by atoms with van der Waals surface area (Å²) in [5.74, 6) is -0.0924. The normalized spacial score (nSPS) is 33.1. The molecule has 0 aromatic carbocycles. The highest BCUT2D eigenvalue weighted by Gasteiger charge is 2.44. The van der Waals surface area contributed by atoms with Crippen molar-refractivity contribution in [2.45, 2.75) is 52.2 Å². The van der Waals surface area contributed by atoms with Gasteiger partial charge in [-0.1, -0.05) is 13.8 Å². The summed E-state index contributed by atoms with van der Waals surface area (Å²) in [4.78, 5) is 10.9. The summed E-state index contributed by atoms with van der Waals surface area (Å²) in [6.07, 6.45) is 1.72. The second kappa shape index (κ2) is 4.17. The fourth-order valence-corrected chi connectivity index (χ4v) is 2.58. The molecule has 0 radical (unpaired) electrons. The second-order valence-corrected chi connectivity index (χ2v) is 5.49. The Balaban J connectivity index is 3.22. The van der Waals surface area contributed by atoms with E-state index in [-0.39, 0.29) is 11.2 Å². The quantitative estimate of drug-likeness (QED) is 0.525. The molecule has 2 atom stereocenters. The lowest BCUT2D eigenvalue weighted by atomic mass is 9.65. The largest absolute Gasteiger partial charge is 0.393 e. The third-order valence-electron chi connectivity index (χ3n) is 3.01. The Labute approximate surface area is 96.5 Å². The van der Waals surface area contributed by atoms with E-state index in [4.69, 9.17) is 0 Å². The maximum atomic E-state index is 10.9. The average molecular weight is 224 g/mol. The van der Waals surface area contributed by atoms with Crippen molar-refractivity contribution in [3.05, 3.63) is 17.4 Å². The highest BCUT2D eigenvalue weighted by Crippen LogP contribution is 2.45. The van der Waals surface area contributed by atoms with Crippen LogP contribution in [0.5, 0.6) is 0 Å². The Kier molecular flexibility index (Phi) is 3.44. The predicted molar refractivity (Wildman–Crippen MR) is 61.9 cm³/mol. The molecule has 90 valence electrons. The number of hydrogen-bond donors (Lipinski definition) is 2. The molecule has 1 saturated carbocycles. The zero-order valence-electron chi connectivity index (χ0n) is 10.4. The summed E-state index contributed by atoms with van der Waals surface area (Å²) in [6.45, 7) is 7.00. The van der Waals surface area contributed by atoms with Crippen LogP contribution < -0.4 is 0 Å². The molecule has 0 unspecified atom stereocenters. The van der Waals surface area contributed by atoms with E-state index < -0.39 is 11.7 Å². The van der Waals surface area contributed by atoms with Gasteiger partial charge in [-0.05, 0) is 25.7 Å². The van der Waals surface area contributed by atoms with Gasteiger partial charge in [-0.3, -0.25) is 4.79 Å². The fourth-order valence-electron chi connectivity index (χ4n) is 2.58. The van der Waals surface area contributed by atoms with Crippen molar-refractivity contribution >= 4 is 5.78 Å². The van der Waals surface area contributed by atoms with Crippen LogP contribution in [0, 0.1) is 5.41 Å². The molecule has 3 nitrogen and oxygen atoms in total. The van der Waals surface area contributed by atoms with E-state index in [0.717, 1.165) is 0 Å². The van der Waals surface area contributed by atoms with Gasteiger partial charge < -0.3 is 10.2 Å². The topological polar surface area (TPSA) is 57.5 Å². The first-order chi connectivity index (χ1) is 7.15. The summed E-state index contributed by atoms with van der Waals surface area (Å²) in [6, 6.07) is 0. The lowest BCUT2D eigenvalue weighted by Gasteiger charge is -2.43. The summed E-state index contributed by atoms with van der Waals surface area (Å²) < 4.78 is 0. The number of carbonyl (C=O) groups is 1. The number of aliphatic hydroxyl groups excluding tert-OH is 1. The SMILES string of the molecule is CC(=O)C=C=C1C(C)(C)C[C@H](O)C[C@@]1(C)O. The van der Waals surface area contributed by atoms with Gasteiger partial charge in [0.05, 0.1) is 11.7 Å². The summed E-state index contributed by atoms with van der Waals surface area (Å²) in [5.41, 5.74) is 2.17. The first kappa shape index (κ1) is 13.2. The van der Waals surface area contributed by atoms with E-state index in [1.807, 2.05) is 13.8 Å². The molecule has 0 aromatic heterocycles. The highest BCUT2D eigenvalue weighted by atomic mass is 16.3. The Morgan fingerprint density at radius 1 is 1.44 bits per heavy atom. The monoisotopic (exact) mass is 224 g/mol. The third-order valence-corrected chi connectivity index (χ3v) is 3.01. The van der Waals surface area contributed by atoms with Crippen LogP contribution >= 0.6 is 0 Å². The molecular weight excluding hydrogens is 204 g/mol. The van der Waals surface area contributed by atoms with Crippen molar-refractivity contribution < 1.29 is 15.0 Å². The van der Waals surface area contributed by atoms with Gasteiger partial charge in [-0.15, -0.1) is 5.73 Å². The Morgan fingerprint density at radius 3 is 2.44 bits per heavy atom. The van der Waals surface area contributed by atoms with Crippen LogP contribution in [0.15, 0.2) is 17.4 Å². The Hall–Kier alpha value is -0.890. The van der Waals surface area contributed by atoms with Gasteiger partial charge in [0.15, 0.2) is 5.78 Å². The maximum Gasteiger partial charge on any atom is 0.160 e. The smallest absolute Gasteiger partial charge is 0.160 e. The summed E-state index contributed by atoms with van der Waals surface area (Å²) in [5, 5.41) is 20.0. The second-order valence-electron chi connectivity index (χ2n) is 5.49. The highest BCUT2D eigenvalue weighted by molar-refractivity contribution is 5.87. The number of rotatable bonds is 1. The summed E-state index contributed by atoms with van der Waals surface area (Å²) in [7, 11) is 0. The molecule has 0 amide bonds. The number of aliphatic hydroxyl groups is 2. The van der Waals surface area contributed by atoms with Crippen molar-refractivity contribution in [3.8, 4) is 0 Å². The third kappa shape index (κ3) is 2.82. The predicted octanol–water partition coefficient (Wildman–Crippen LogP) is 1.59. The lowest BCUT2D eigenvalue weighted by molar-refractivity contribution is -0.112. The van der Waals surface area contributed by atoms with E-state index in [1.54, 1.807) is 6.92 Å². The minimum absolute atomic E-state index is 0.0924. The standard InChI is InChI=1S/C13H20O3/c1-9(14)5-6-11-12(2,3)7-10(15)8-13(11,4)16/h5,10,15-16H,7-8H2,1-4H3/t6?,10-,13+/m0/s1. The molecule has 0 saturated heterocycles. The van der Waals surface area contributed by atoms with Crippen LogP contribution in [0.2, 0.25) is 0 Å². The first-order valence-electron chi connectivity index (χ1n) is 5.54. The molecule has 0 aliphatic heterocycles. The van der Waals surface area contributed by atoms with Crippen LogP contribution in [0.1, 0.15) is 40.5 Å². The molecule has 16 heavy (non-hydrogen) atoms. The number of carbonyl (C=O) groups excluding carboxylic acids is 1. The van der Waals surface area contributed by atoms with Gasteiger partial charge >= 0.3 is 0 Å². The molecule has 3 heteroatoms. The van der Waals surface area contributed by atoms with Crippen molar-refractivity contribution in [1.82, 2.24) is 0 Å². The molecule has 0 bridgehead atoms. The minimum atomic E-state index is -1.09. The molecule has 0 aromatic rings. The molecule has 0 heterocycles. The number of ketones is 1. The van der Waals surface area contributed by atoms with E-state index in [2.05, 4.69) is 5.73 Å². The van der Waals surface area contributed by atoms with Crippen molar-refractivity contribution in [1.29, 1.82) is 0 Å². The van der Waals surface area contributed by atoms with E-state index in [0.29, 0.717) is 18.4 Å².